The third kappa shape index (κ3) is 7.77. The number of halogens is 5. The molecule has 0 aliphatic carbocycles. The second-order valence-corrected chi connectivity index (χ2v) is 11.3. The number of pyridine rings is 1. The molecule has 0 spiro atoms. The number of alkyl halides is 5. The zero-order chi connectivity index (χ0) is 30.6. The Bertz CT molecular complexity index is 1500. The number of rotatable bonds is 1. The van der Waals surface area contributed by atoms with Crippen LogP contribution in [0.5, 0.6) is 0 Å². The fourth-order valence-electron chi connectivity index (χ4n) is 5.14. The lowest BCUT2D eigenvalue weighted by Gasteiger charge is -2.43. The van der Waals surface area contributed by atoms with Crippen LogP contribution < -0.4 is 10.6 Å². The Morgan fingerprint density at radius 1 is 1.19 bits per heavy atom. The number of aromatic nitrogens is 4. The summed E-state index contributed by atoms with van der Waals surface area (Å²) in [6, 6.07) is 1.64. The minimum absolute atomic E-state index is 0.0234. The van der Waals surface area contributed by atoms with Crippen molar-refractivity contribution in [3.05, 3.63) is 42.0 Å². The van der Waals surface area contributed by atoms with Crippen molar-refractivity contribution in [2.24, 2.45) is 5.92 Å². The number of piperidine rings is 1. The number of hydrogen-bond donors (Lipinski definition) is 2. The maximum Gasteiger partial charge on any atom is 0.447 e. The maximum absolute atomic E-state index is 15.4. The average Bonchev–Trinajstić information content (AvgIpc) is 3.53. The van der Waals surface area contributed by atoms with Crippen molar-refractivity contribution in [1.29, 1.82) is 0 Å². The van der Waals surface area contributed by atoms with Crippen LogP contribution in [0, 0.1) is 17.8 Å². The predicted molar refractivity (Wildman–Crippen MR) is 148 cm³/mol. The van der Waals surface area contributed by atoms with E-state index in [1.165, 1.54) is 28.9 Å². The van der Waals surface area contributed by atoms with E-state index in [-0.39, 0.29) is 54.0 Å². The molecule has 2 aliphatic heterocycles. The van der Waals surface area contributed by atoms with Crippen LogP contribution in [0.1, 0.15) is 22.5 Å². The first kappa shape index (κ1) is 31.0. The summed E-state index contributed by atoms with van der Waals surface area (Å²) in [6.07, 6.45) is 4.62. The first-order chi connectivity index (χ1) is 20.5. The SMILES string of the molecule is CN1CC2CCOCCOCCn3cc(cn3)C(=O)NCC#Cc3nc4c(cccn4c3SC(F)(F)F)NC2C(F)(F)C1. The summed E-state index contributed by atoms with van der Waals surface area (Å²) in [4.78, 5) is 18.4. The zero-order valence-electron chi connectivity index (χ0n) is 23.2. The van der Waals surface area contributed by atoms with Crippen LogP contribution in [-0.4, -0.2) is 101 Å². The lowest BCUT2D eigenvalue weighted by molar-refractivity contribution is -0.0931. The molecule has 0 radical (unpaired) electrons. The molecule has 2 atom stereocenters. The Morgan fingerprint density at radius 2 is 1.98 bits per heavy atom. The Balaban J connectivity index is 1.49. The first-order valence-electron chi connectivity index (χ1n) is 13.5. The van der Waals surface area contributed by atoms with Gasteiger partial charge in [0, 0.05) is 37.3 Å². The highest BCUT2D eigenvalue weighted by molar-refractivity contribution is 8.00. The normalized spacial score (nSPS) is 22.7. The van der Waals surface area contributed by atoms with E-state index in [0.717, 1.165) is 0 Å². The van der Waals surface area contributed by atoms with Gasteiger partial charge >= 0.3 is 5.51 Å². The lowest BCUT2D eigenvalue weighted by Crippen LogP contribution is -2.58. The molecular formula is C27H30F5N7O3S. The monoisotopic (exact) mass is 627 g/mol. The highest BCUT2D eigenvalue weighted by atomic mass is 32.2. The van der Waals surface area contributed by atoms with Crippen LogP contribution in [0.15, 0.2) is 35.7 Å². The fraction of sp³-hybridized carbons (Fsp3) is 0.519. The third-order valence-electron chi connectivity index (χ3n) is 6.99. The Hall–Kier alpha value is -3.39. The molecule has 1 saturated heterocycles. The fourth-order valence-corrected chi connectivity index (χ4v) is 5.80. The van der Waals surface area contributed by atoms with E-state index >= 15 is 8.78 Å². The second-order valence-electron chi connectivity index (χ2n) is 10.3. The number of hydrogen-bond acceptors (Lipinski definition) is 8. The van der Waals surface area contributed by atoms with Gasteiger partial charge in [0.05, 0.1) is 62.9 Å². The summed E-state index contributed by atoms with van der Waals surface area (Å²) >= 11 is -0.403. The number of nitrogens with one attached hydrogen (secondary N) is 2. The van der Waals surface area contributed by atoms with E-state index in [0.29, 0.717) is 26.1 Å². The molecule has 0 aromatic carbocycles. The maximum atomic E-state index is 15.4. The van der Waals surface area contributed by atoms with Gasteiger partial charge in [0.2, 0.25) is 0 Å². The molecule has 2 unspecified atom stereocenters. The minimum atomic E-state index is -4.66. The van der Waals surface area contributed by atoms with Crippen molar-refractivity contribution < 1.29 is 36.2 Å². The van der Waals surface area contributed by atoms with Crippen LogP contribution >= 0.6 is 11.8 Å². The van der Waals surface area contributed by atoms with Crippen molar-refractivity contribution >= 4 is 29.0 Å². The number of ether oxygens (including phenoxy) is 2. The Kier molecular flexibility index (Phi) is 9.45. The molecule has 5 heterocycles. The number of fused-ring (bicyclic) bond motifs is 4. The molecule has 16 heteroatoms. The molecule has 4 bridgehead atoms. The number of likely N-dealkylation sites (tertiary alicyclic amines) is 1. The number of nitrogens with zero attached hydrogens (tertiary/aromatic N) is 5. The second kappa shape index (κ2) is 13.1. The highest BCUT2D eigenvalue weighted by Gasteiger charge is 2.49. The van der Waals surface area contributed by atoms with Gasteiger partial charge in [-0.05, 0) is 37.4 Å². The van der Waals surface area contributed by atoms with E-state index in [9.17, 15) is 18.0 Å². The summed E-state index contributed by atoms with van der Waals surface area (Å²) in [6.45, 7) is 1.19. The third-order valence-corrected chi connectivity index (χ3v) is 7.81. The quantitative estimate of drug-likeness (QED) is 0.241. The summed E-state index contributed by atoms with van der Waals surface area (Å²) in [5.74, 6) is 1.10. The highest BCUT2D eigenvalue weighted by Crippen LogP contribution is 2.40. The molecule has 2 N–H and O–H groups in total. The number of amides is 1. The molecule has 232 valence electrons. The number of imidazole rings is 1. The predicted octanol–water partition coefficient (Wildman–Crippen LogP) is 3.34. The number of thioether (sulfide) groups is 1. The van der Waals surface area contributed by atoms with Gasteiger partial charge in [-0.25, -0.2) is 13.8 Å². The molecule has 3 aromatic rings. The number of anilines is 1. The standard InChI is InChI=1S/C27H30F5N7O3S/c1-37-15-18-6-10-41-12-13-42-11-9-38-16-19(14-34-38)24(40)33-7-2-4-21-25(43-27(30,31)32)39-8-3-5-20(23(39)36-21)35-22(18)26(28,29)17-37/h3,5,8,14,16,18,22,35H,6-7,9-13,15,17H2,1H3,(H,33,40). The van der Waals surface area contributed by atoms with Crippen LogP contribution in [-0.2, 0) is 16.0 Å². The average molecular weight is 628 g/mol. The van der Waals surface area contributed by atoms with Gasteiger partial charge in [-0.3, -0.25) is 13.9 Å². The van der Waals surface area contributed by atoms with Crippen LogP contribution in [0.3, 0.4) is 0 Å². The molecule has 1 fully saturated rings. The molecule has 2 aliphatic rings. The first-order valence-corrected chi connectivity index (χ1v) is 14.4. The van der Waals surface area contributed by atoms with Gasteiger partial charge < -0.3 is 25.0 Å². The minimum Gasteiger partial charge on any atom is -0.379 e. The molecule has 0 saturated carbocycles. The lowest BCUT2D eigenvalue weighted by atomic mass is 9.87. The van der Waals surface area contributed by atoms with Crippen LogP contribution in [0.4, 0.5) is 27.6 Å². The number of carbonyl (C=O) groups is 1. The van der Waals surface area contributed by atoms with Gasteiger partial charge in [-0.15, -0.1) is 0 Å². The van der Waals surface area contributed by atoms with Crippen molar-refractivity contribution in [2.75, 3.05) is 58.4 Å². The Labute approximate surface area is 248 Å². The van der Waals surface area contributed by atoms with Crippen molar-refractivity contribution in [1.82, 2.24) is 29.4 Å². The van der Waals surface area contributed by atoms with Crippen molar-refractivity contribution in [3.8, 4) is 11.8 Å². The van der Waals surface area contributed by atoms with E-state index in [1.54, 1.807) is 22.8 Å². The number of carbonyl (C=O) groups excluding carboxylic acids is 1. The topological polar surface area (TPSA) is 98.0 Å². The van der Waals surface area contributed by atoms with Crippen molar-refractivity contribution in [2.45, 2.75) is 35.5 Å². The zero-order valence-corrected chi connectivity index (χ0v) is 24.0. The largest absolute Gasteiger partial charge is 0.447 e. The van der Waals surface area contributed by atoms with E-state index in [4.69, 9.17) is 9.47 Å². The van der Waals surface area contributed by atoms with Gasteiger partial charge in [0.25, 0.3) is 11.8 Å². The smallest absolute Gasteiger partial charge is 0.379 e. The van der Waals surface area contributed by atoms with Gasteiger partial charge in [-0.1, -0.05) is 5.92 Å². The molecule has 1 amide bonds. The van der Waals surface area contributed by atoms with Gasteiger partial charge in [-0.2, -0.15) is 18.3 Å². The molecular weight excluding hydrogens is 597 g/mol. The van der Waals surface area contributed by atoms with E-state index in [1.807, 2.05) is 0 Å². The van der Waals surface area contributed by atoms with E-state index in [2.05, 4.69) is 32.6 Å². The van der Waals surface area contributed by atoms with Gasteiger partial charge in [0.1, 0.15) is 10.7 Å². The summed E-state index contributed by atoms with van der Waals surface area (Å²) in [5.41, 5.74) is -4.41. The van der Waals surface area contributed by atoms with E-state index < -0.39 is 47.6 Å². The molecule has 43 heavy (non-hydrogen) atoms. The summed E-state index contributed by atoms with van der Waals surface area (Å²) < 4.78 is 85.5. The summed E-state index contributed by atoms with van der Waals surface area (Å²) in [5, 5.41) is 9.30. The molecule has 10 nitrogen and oxygen atoms in total. The van der Waals surface area contributed by atoms with Crippen LogP contribution in [0.2, 0.25) is 0 Å². The molecule has 5 rings (SSSR count). The van der Waals surface area contributed by atoms with Crippen LogP contribution in [0.25, 0.3) is 5.65 Å². The Morgan fingerprint density at radius 3 is 2.77 bits per heavy atom. The molecule has 3 aromatic heterocycles. The van der Waals surface area contributed by atoms with Gasteiger partial charge in [0.15, 0.2) is 5.65 Å². The summed E-state index contributed by atoms with van der Waals surface area (Å²) in [7, 11) is 1.62. The van der Waals surface area contributed by atoms with Crippen molar-refractivity contribution in [3.63, 3.8) is 0 Å².